The zero-order valence-electron chi connectivity index (χ0n) is 25.2. The van der Waals surface area contributed by atoms with Crippen LogP contribution >= 0.6 is 0 Å². The molecule has 0 unspecified atom stereocenters. The minimum Gasteiger partial charge on any atom is -0.507 e. The van der Waals surface area contributed by atoms with E-state index in [0.29, 0.717) is 0 Å². The van der Waals surface area contributed by atoms with E-state index in [1.54, 1.807) is 6.92 Å². The van der Waals surface area contributed by atoms with Crippen LogP contribution in [0.4, 0.5) is 0 Å². The highest BCUT2D eigenvalue weighted by molar-refractivity contribution is 6.31. The maximum absolute atomic E-state index is 13.8. The van der Waals surface area contributed by atoms with Crippen molar-refractivity contribution in [3.63, 3.8) is 0 Å². The summed E-state index contributed by atoms with van der Waals surface area (Å²) in [4.78, 5) is 63.8. The van der Waals surface area contributed by atoms with E-state index in [4.69, 9.17) is 14.2 Å². The van der Waals surface area contributed by atoms with Gasteiger partial charge in [-0.3, -0.25) is 19.2 Å². The second-order valence-corrected chi connectivity index (χ2v) is 11.8. The molecule has 1 amide bonds. The molecule has 1 heterocycles. The molecule has 6 atom stereocenters. The van der Waals surface area contributed by atoms with E-state index in [2.05, 4.69) is 5.32 Å². The number of carbonyl (C=O) groups is 5. The molecular weight excluding hydrogens is 590 g/mol. The number of phenolic OH excluding ortho intramolecular Hbond substituents is 2. The number of nitrogens with one attached hydrogen (secondary N) is 1. The second kappa shape index (κ2) is 12.0. The number of fused-ring (bicyclic) bond motifs is 3. The quantitative estimate of drug-likeness (QED) is 0.226. The Kier molecular flexibility index (Phi) is 8.57. The summed E-state index contributed by atoms with van der Waals surface area (Å²) in [5, 5.41) is 47.8. The highest BCUT2D eigenvalue weighted by Gasteiger charge is 2.49. The molecular formula is C32H35NO12. The van der Waals surface area contributed by atoms with Crippen LogP contribution in [0.1, 0.15) is 95.5 Å². The van der Waals surface area contributed by atoms with Crippen molar-refractivity contribution in [1.82, 2.24) is 5.32 Å². The molecule has 240 valence electrons. The second-order valence-electron chi connectivity index (χ2n) is 11.8. The summed E-state index contributed by atoms with van der Waals surface area (Å²) in [5.74, 6) is -4.10. The molecule has 13 heteroatoms. The lowest BCUT2D eigenvalue weighted by atomic mass is 9.72. The molecule has 13 nitrogen and oxygen atoms in total. The average Bonchev–Trinajstić information content (AvgIpc) is 2.98. The predicted molar refractivity (Wildman–Crippen MR) is 154 cm³/mol. The van der Waals surface area contributed by atoms with E-state index >= 15 is 0 Å². The van der Waals surface area contributed by atoms with Crippen LogP contribution in [-0.2, 0) is 30.3 Å². The van der Waals surface area contributed by atoms with Crippen LogP contribution in [-0.4, -0.2) is 86.7 Å². The molecule has 5 N–H and O–H groups in total. The number of methoxy groups -OCH3 is 1. The first-order valence-electron chi connectivity index (χ1n) is 14.6. The van der Waals surface area contributed by atoms with Crippen LogP contribution in [0.25, 0.3) is 0 Å². The highest BCUT2D eigenvalue weighted by atomic mass is 16.7. The molecule has 3 aliphatic rings. The number of carbonyl (C=O) groups excluding carboxylic acids is 5. The highest BCUT2D eigenvalue weighted by Crippen LogP contribution is 2.52. The number of benzene rings is 2. The van der Waals surface area contributed by atoms with Gasteiger partial charge in [0.1, 0.15) is 34.7 Å². The maximum Gasteiger partial charge on any atom is 0.220 e. The largest absolute Gasteiger partial charge is 0.507 e. The molecule has 1 fully saturated rings. The Labute approximate surface area is 258 Å². The molecule has 45 heavy (non-hydrogen) atoms. The Balaban J connectivity index is 1.56. The number of Topliss-reactive ketones (excluding diaryl/α,β-unsaturated/α-hetero) is 2. The standard InChI is InChI=1S/C32H35NO12/c1-13(34)8-9-21(36)33-18-10-22(44-14(2)27(18)37)45-20-12-32(42,15(3)35)11-17-24(20)31(41)26-25(29(17)39)28(38)16-6-5-7-19(43-4)23(16)30(26)40/h5-7,14,18,20,22,27,37,39,41-42H,8-12H2,1-4H3,(H,33,36)/t14-,18-,20-,22-,27+,32-/m0/s1. The SMILES string of the molecule is COc1cccc2c1C(=O)c1c(O)c3c(c(O)c1C2=O)C[C@@](O)(C(C)=O)C[C@@H]3O[C@H]1C[C@H](NC(=O)CCC(C)=O)[C@H](O)[C@H](C)O1. The first-order chi connectivity index (χ1) is 21.2. The lowest BCUT2D eigenvalue weighted by Crippen LogP contribution is -2.55. The van der Waals surface area contributed by atoms with Crippen LogP contribution in [0, 0.1) is 0 Å². The Morgan fingerprint density at radius 1 is 1.04 bits per heavy atom. The maximum atomic E-state index is 13.8. The van der Waals surface area contributed by atoms with Gasteiger partial charge < -0.3 is 44.7 Å². The third kappa shape index (κ3) is 5.61. The van der Waals surface area contributed by atoms with Crippen molar-refractivity contribution in [2.45, 2.75) is 89.1 Å². The third-order valence-electron chi connectivity index (χ3n) is 8.80. The summed E-state index contributed by atoms with van der Waals surface area (Å²) >= 11 is 0. The van der Waals surface area contributed by atoms with Crippen molar-refractivity contribution in [1.29, 1.82) is 0 Å². The van der Waals surface area contributed by atoms with E-state index in [0.717, 1.165) is 6.92 Å². The molecule has 1 aliphatic heterocycles. The first-order valence-corrected chi connectivity index (χ1v) is 14.6. The van der Waals surface area contributed by atoms with Crippen molar-refractivity contribution in [2.24, 2.45) is 0 Å². The average molecular weight is 626 g/mol. The molecule has 0 aromatic heterocycles. The first kappa shape index (κ1) is 32.2. The van der Waals surface area contributed by atoms with Gasteiger partial charge in [-0.05, 0) is 26.8 Å². The number of aliphatic hydroxyl groups excluding tert-OH is 1. The number of amides is 1. The number of aromatic hydroxyl groups is 2. The van der Waals surface area contributed by atoms with Gasteiger partial charge in [0, 0.05) is 48.8 Å². The van der Waals surface area contributed by atoms with Crippen LogP contribution in [0.5, 0.6) is 17.2 Å². The van der Waals surface area contributed by atoms with Gasteiger partial charge in [-0.1, -0.05) is 12.1 Å². The molecule has 5 rings (SSSR count). The minimum absolute atomic E-state index is 0.0216. The molecule has 0 bridgehead atoms. The lowest BCUT2D eigenvalue weighted by Gasteiger charge is -2.42. The Hall–Kier alpha value is -4.17. The van der Waals surface area contributed by atoms with Gasteiger partial charge in [-0.15, -0.1) is 0 Å². The number of phenols is 2. The van der Waals surface area contributed by atoms with Crippen LogP contribution in [0.3, 0.4) is 0 Å². The fourth-order valence-corrected chi connectivity index (χ4v) is 6.34. The van der Waals surface area contributed by atoms with Gasteiger partial charge in [-0.25, -0.2) is 0 Å². The van der Waals surface area contributed by atoms with Crippen molar-refractivity contribution >= 4 is 29.0 Å². The molecule has 0 radical (unpaired) electrons. The molecule has 2 aliphatic carbocycles. The van der Waals surface area contributed by atoms with Crippen molar-refractivity contribution < 1.29 is 58.6 Å². The van der Waals surface area contributed by atoms with E-state index in [9.17, 15) is 44.4 Å². The van der Waals surface area contributed by atoms with Crippen LogP contribution in [0.2, 0.25) is 0 Å². The van der Waals surface area contributed by atoms with Gasteiger partial charge in [-0.2, -0.15) is 0 Å². The zero-order valence-corrected chi connectivity index (χ0v) is 25.2. The number of ether oxygens (including phenoxy) is 3. The molecule has 0 saturated carbocycles. The molecule has 1 saturated heterocycles. The smallest absolute Gasteiger partial charge is 0.220 e. The summed E-state index contributed by atoms with van der Waals surface area (Å²) in [6.45, 7) is 4.05. The van der Waals surface area contributed by atoms with Gasteiger partial charge in [0.2, 0.25) is 11.7 Å². The normalized spacial score (nSPS) is 27.2. The van der Waals surface area contributed by atoms with Crippen molar-refractivity contribution in [3.8, 4) is 17.2 Å². The monoisotopic (exact) mass is 625 g/mol. The van der Waals surface area contributed by atoms with Gasteiger partial charge in [0.15, 0.2) is 17.9 Å². The third-order valence-corrected chi connectivity index (χ3v) is 8.80. The predicted octanol–water partition coefficient (Wildman–Crippen LogP) is 1.56. The number of rotatable bonds is 8. The van der Waals surface area contributed by atoms with Gasteiger partial charge in [0.05, 0.1) is 42.0 Å². The van der Waals surface area contributed by atoms with Crippen LogP contribution < -0.4 is 10.1 Å². The zero-order chi connectivity index (χ0) is 33.0. The Morgan fingerprint density at radius 3 is 2.38 bits per heavy atom. The summed E-state index contributed by atoms with van der Waals surface area (Å²) in [6.07, 6.45) is -5.55. The van der Waals surface area contributed by atoms with Crippen LogP contribution in [0.15, 0.2) is 18.2 Å². The number of ketones is 4. The number of hydrogen-bond donors (Lipinski definition) is 5. The Bertz CT molecular complexity index is 1620. The molecule has 2 aromatic carbocycles. The summed E-state index contributed by atoms with van der Waals surface area (Å²) in [6, 6.07) is 3.51. The number of aliphatic hydroxyl groups is 2. The van der Waals surface area contributed by atoms with E-state index in [-0.39, 0.29) is 53.0 Å². The van der Waals surface area contributed by atoms with Gasteiger partial charge >= 0.3 is 0 Å². The van der Waals surface area contributed by atoms with Crippen molar-refractivity contribution in [3.05, 3.63) is 51.6 Å². The fraction of sp³-hybridized carbons (Fsp3) is 0.469. The molecule has 0 spiro atoms. The molecule has 2 aromatic rings. The van der Waals surface area contributed by atoms with E-state index in [1.165, 1.54) is 32.2 Å². The Morgan fingerprint density at radius 2 is 1.73 bits per heavy atom. The summed E-state index contributed by atoms with van der Waals surface area (Å²) in [7, 11) is 1.32. The topological polar surface area (TPSA) is 206 Å². The van der Waals surface area contributed by atoms with Crippen molar-refractivity contribution in [2.75, 3.05) is 7.11 Å². The van der Waals surface area contributed by atoms with E-state index < -0.39 is 95.0 Å². The lowest BCUT2D eigenvalue weighted by molar-refractivity contribution is -0.249. The summed E-state index contributed by atoms with van der Waals surface area (Å²) in [5.41, 5.74) is -3.43. The van der Waals surface area contributed by atoms with E-state index in [1.807, 2.05) is 0 Å². The number of hydrogen-bond acceptors (Lipinski definition) is 12. The van der Waals surface area contributed by atoms with Gasteiger partial charge in [0.25, 0.3) is 0 Å². The fourth-order valence-electron chi connectivity index (χ4n) is 6.34. The summed E-state index contributed by atoms with van der Waals surface area (Å²) < 4.78 is 17.3. The minimum atomic E-state index is -2.08.